The number of imidazole rings is 1. The minimum atomic E-state index is -1.05. The predicted molar refractivity (Wildman–Crippen MR) is 179 cm³/mol. The minimum absolute atomic E-state index is 0.0347. The van der Waals surface area contributed by atoms with Crippen molar-refractivity contribution >= 4 is 11.2 Å². The van der Waals surface area contributed by atoms with Gasteiger partial charge in [0.15, 0.2) is 5.65 Å². The van der Waals surface area contributed by atoms with Crippen LogP contribution in [0.25, 0.3) is 22.4 Å². The number of aliphatic hydroxyl groups excluding tert-OH is 2. The van der Waals surface area contributed by atoms with Crippen molar-refractivity contribution < 1.29 is 29.2 Å². The van der Waals surface area contributed by atoms with Crippen LogP contribution in [0.5, 0.6) is 11.5 Å². The Bertz CT molecular complexity index is 1920. The second kappa shape index (κ2) is 13.5. The van der Waals surface area contributed by atoms with Crippen molar-refractivity contribution in [2.24, 2.45) is 0 Å². The molecule has 1 fully saturated rings. The highest BCUT2D eigenvalue weighted by Crippen LogP contribution is 2.43. The lowest BCUT2D eigenvalue weighted by Gasteiger charge is -2.37. The first-order valence-corrected chi connectivity index (χ1v) is 15.7. The van der Waals surface area contributed by atoms with Crippen LogP contribution in [0.15, 0.2) is 116 Å². The van der Waals surface area contributed by atoms with Crippen LogP contribution in [0.1, 0.15) is 34.9 Å². The van der Waals surface area contributed by atoms with Gasteiger partial charge in [-0.3, -0.25) is 4.57 Å². The van der Waals surface area contributed by atoms with Gasteiger partial charge < -0.3 is 29.2 Å². The first kappa shape index (κ1) is 31.5. The Morgan fingerprint density at radius 3 is 2.02 bits per heavy atom. The topological polar surface area (TPSA) is 121 Å². The van der Waals surface area contributed by atoms with Gasteiger partial charge in [-0.1, -0.05) is 78.9 Å². The van der Waals surface area contributed by atoms with Crippen LogP contribution in [-0.2, 0) is 21.7 Å². The number of hydrogen-bond donors (Lipinski definition) is 2. The lowest BCUT2D eigenvalue weighted by Crippen LogP contribution is -2.38. The van der Waals surface area contributed by atoms with E-state index in [2.05, 4.69) is 15.0 Å². The van der Waals surface area contributed by atoms with E-state index in [1.54, 1.807) is 20.5 Å². The zero-order valence-corrected chi connectivity index (χ0v) is 26.6. The predicted octanol–water partition coefficient (Wildman–Crippen LogP) is 5.66. The van der Waals surface area contributed by atoms with Crippen LogP contribution in [0.2, 0.25) is 0 Å². The monoisotopic (exact) mass is 644 g/mol. The fourth-order valence-electron chi connectivity index (χ4n) is 6.36. The highest BCUT2D eigenvalue weighted by Gasteiger charge is 2.42. The standard InChI is InChI=1S/C38H36N4O6/c1-45-30-16-12-28(13-17-30)38(27-6-4-3-5-7-27,29-14-18-31(46-2)19-15-29)47-22-33-32(44)20-34(48-33)42-24-41-36-35(39-23-40-37(36)42)26-10-8-25(21-43)9-11-26/h3-19,23-24,32-34,43-44H,20-22H2,1-2H3/t32-,33+,34+/m0/s1. The molecule has 0 aliphatic carbocycles. The molecule has 10 nitrogen and oxygen atoms in total. The molecule has 0 unspecified atom stereocenters. The quantitative estimate of drug-likeness (QED) is 0.172. The van der Waals surface area contributed by atoms with E-state index in [0.29, 0.717) is 23.3 Å². The van der Waals surface area contributed by atoms with Gasteiger partial charge in [0.2, 0.25) is 0 Å². The molecule has 0 radical (unpaired) electrons. The molecule has 10 heteroatoms. The van der Waals surface area contributed by atoms with Gasteiger partial charge in [0.05, 0.1) is 39.9 Å². The minimum Gasteiger partial charge on any atom is -0.497 e. The number of aliphatic hydroxyl groups is 2. The number of benzene rings is 4. The van der Waals surface area contributed by atoms with E-state index in [9.17, 15) is 10.2 Å². The van der Waals surface area contributed by atoms with E-state index in [-0.39, 0.29) is 13.2 Å². The Hall–Kier alpha value is -5.13. The summed E-state index contributed by atoms with van der Waals surface area (Å²) in [6.07, 6.45) is 1.53. The van der Waals surface area contributed by atoms with E-state index in [4.69, 9.17) is 18.9 Å². The molecule has 244 valence electrons. The normalized spacial score (nSPS) is 17.9. The average molecular weight is 645 g/mol. The van der Waals surface area contributed by atoms with Crippen molar-refractivity contribution in [3.8, 4) is 22.8 Å². The lowest BCUT2D eigenvalue weighted by atomic mass is 9.80. The lowest BCUT2D eigenvalue weighted by molar-refractivity contribution is -0.0931. The van der Waals surface area contributed by atoms with Crippen LogP contribution < -0.4 is 9.47 Å². The van der Waals surface area contributed by atoms with Crippen molar-refractivity contribution in [1.29, 1.82) is 0 Å². The summed E-state index contributed by atoms with van der Waals surface area (Å²) in [5.41, 5.74) is 5.21. The Morgan fingerprint density at radius 2 is 1.42 bits per heavy atom. The van der Waals surface area contributed by atoms with Crippen LogP contribution in [0, 0.1) is 0 Å². The van der Waals surface area contributed by atoms with Crippen LogP contribution in [0.3, 0.4) is 0 Å². The molecule has 2 N–H and O–H groups in total. The molecule has 48 heavy (non-hydrogen) atoms. The van der Waals surface area contributed by atoms with Crippen molar-refractivity contribution in [2.75, 3.05) is 20.8 Å². The van der Waals surface area contributed by atoms with Crippen LogP contribution in [0.4, 0.5) is 0 Å². The number of hydrogen-bond acceptors (Lipinski definition) is 9. The van der Waals surface area contributed by atoms with Gasteiger partial charge in [0.1, 0.15) is 47.0 Å². The van der Waals surface area contributed by atoms with Gasteiger partial charge >= 0.3 is 0 Å². The number of methoxy groups -OCH3 is 2. The molecular weight excluding hydrogens is 608 g/mol. The van der Waals surface area contributed by atoms with Gasteiger partial charge in [-0.05, 0) is 46.5 Å². The van der Waals surface area contributed by atoms with Gasteiger partial charge in [0, 0.05) is 12.0 Å². The summed E-state index contributed by atoms with van der Waals surface area (Å²) in [6.45, 7) is 0.0572. The van der Waals surface area contributed by atoms with Gasteiger partial charge in [-0.2, -0.15) is 0 Å². The van der Waals surface area contributed by atoms with Crippen molar-refractivity contribution in [1.82, 2.24) is 19.5 Å². The molecule has 3 atom stereocenters. The second-order valence-corrected chi connectivity index (χ2v) is 11.6. The third-order valence-corrected chi connectivity index (χ3v) is 8.92. The van der Waals surface area contributed by atoms with E-state index in [1.807, 2.05) is 108 Å². The summed E-state index contributed by atoms with van der Waals surface area (Å²) < 4.78 is 26.3. The highest BCUT2D eigenvalue weighted by atomic mass is 16.6. The summed E-state index contributed by atoms with van der Waals surface area (Å²) in [5, 5.41) is 20.8. The zero-order chi connectivity index (χ0) is 33.1. The summed E-state index contributed by atoms with van der Waals surface area (Å²) in [4.78, 5) is 13.7. The molecule has 0 amide bonds. The molecule has 0 spiro atoms. The fourth-order valence-corrected chi connectivity index (χ4v) is 6.36. The third-order valence-electron chi connectivity index (χ3n) is 8.92. The summed E-state index contributed by atoms with van der Waals surface area (Å²) in [5.74, 6) is 1.46. The Balaban J connectivity index is 1.21. The summed E-state index contributed by atoms with van der Waals surface area (Å²) in [6, 6.07) is 33.2. The first-order valence-electron chi connectivity index (χ1n) is 15.7. The first-order chi connectivity index (χ1) is 23.5. The maximum atomic E-state index is 11.3. The third kappa shape index (κ3) is 5.80. The van der Waals surface area contributed by atoms with E-state index in [0.717, 1.165) is 39.3 Å². The van der Waals surface area contributed by atoms with E-state index in [1.165, 1.54) is 6.33 Å². The molecule has 0 saturated carbocycles. The van der Waals surface area contributed by atoms with Gasteiger partial charge in [-0.25, -0.2) is 15.0 Å². The molecule has 1 aliphatic rings. The summed E-state index contributed by atoms with van der Waals surface area (Å²) in [7, 11) is 3.28. The summed E-state index contributed by atoms with van der Waals surface area (Å²) >= 11 is 0. The van der Waals surface area contributed by atoms with E-state index >= 15 is 0 Å². The van der Waals surface area contributed by atoms with Crippen molar-refractivity contribution in [3.63, 3.8) is 0 Å². The molecule has 4 aromatic carbocycles. The largest absolute Gasteiger partial charge is 0.497 e. The number of nitrogens with zero attached hydrogens (tertiary/aromatic N) is 4. The number of fused-ring (bicyclic) bond motifs is 1. The van der Waals surface area contributed by atoms with Gasteiger partial charge in [0.25, 0.3) is 0 Å². The zero-order valence-electron chi connectivity index (χ0n) is 26.6. The molecule has 6 aromatic rings. The van der Waals surface area contributed by atoms with Crippen LogP contribution in [-0.4, -0.2) is 62.8 Å². The molecule has 1 saturated heterocycles. The molecule has 0 bridgehead atoms. The Morgan fingerprint density at radius 1 is 0.792 bits per heavy atom. The molecular formula is C38H36N4O6. The smallest absolute Gasteiger partial charge is 0.165 e. The molecule has 2 aromatic heterocycles. The maximum absolute atomic E-state index is 11.3. The Labute approximate surface area is 278 Å². The number of aromatic nitrogens is 4. The number of ether oxygens (including phenoxy) is 4. The van der Waals surface area contributed by atoms with Crippen molar-refractivity contribution in [2.45, 2.75) is 37.1 Å². The Kier molecular flexibility index (Phi) is 8.88. The van der Waals surface area contributed by atoms with E-state index < -0.39 is 24.0 Å². The molecule has 7 rings (SSSR count). The average Bonchev–Trinajstić information content (AvgIpc) is 3.76. The van der Waals surface area contributed by atoms with Crippen LogP contribution >= 0.6 is 0 Å². The molecule has 1 aliphatic heterocycles. The highest BCUT2D eigenvalue weighted by molar-refractivity contribution is 5.87. The molecule has 3 heterocycles. The maximum Gasteiger partial charge on any atom is 0.165 e. The fraction of sp³-hybridized carbons (Fsp3) is 0.237. The van der Waals surface area contributed by atoms with Gasteiger partial charge in [-0.15, -0.1) is 0 Å². The SMILES string of the molecule is COc1ccc(C(OC[C@H]2O[C@@H](n3cnc4c(-c5ccc(CO)cc5)ncnc43)C[C@@H]2O)(c2ccccc2)c2ccc(OC)cc2)cc1. The number of rotatable bonds is 11. The second-order valence-electron chi connectivity index (χ2n) is 11.6. The van der Waals surface area contributed by atoms with Crippen molar-refractivity contribution in [3.05, 3.63) is 138 Å².